The van der Waals surface area contributed by atoms with Crippen molar-refractivity contribution in [2.24, 2.45) is 0 Å². The molecule has 90 valence electrons. The van der Waals surface area contributed by atoms with Gasteiger partial charge in [-0.25, -0.2) is 0 Å². The largest absolute Gasteiger partial charge is 0.389 e. The van der Waals surface area contributed by atoms with E-state index in [1.54, 1.807) is 0 Å². The van der Waals surface area contributed by atoms with E-state index < -0.39 is 12.6 Å². The number of carbonyl (C=O) groups excluding carboxylic acids is 1. The van der Waals surface area contributed by atoms with Gasteiger partial charge in [0.15, 0.2) is 0 Å². The topological polar surface area (TPSA) is 38.3 Å². The maximum absolute atomic E-state index is 11.7. The normalized spacial score (nSPS) is 11.5. The fourth-order valence-electron chi connectivity index (χ4n) is 0.877. The van der Waals surface area contributed by atoms with Crippen LogP contribution in [-0.4, -0.2) is 31.8 Å². The Morgan fingerprint density at radius 3 is 2.60 bits per heavy atom. The molecule has 1 N–H and O–H groups in total. The number of nitrogens with one attached hydrogen (secondary N) is 1. The Bertz CT molecular complexity index is 183. The molecule has 0 aromatic heterocycles. The molecule has 0 atom stereocenters. The minimum atomic E-state index is -4.15. The maximum atomic E-state index is 11.7. The second-order valence-corrected chi connectivity index (χ2v) is 3.12. The van der Waals surface area contributed by atoms with Crippen molar-refractivity contribution in [3.05, 3.63) is 0 Å². The van der Waals surface area contributed by atoms with Crippen LogP contribution in [0, 0.1) is 0 Å². The van der Waals surface area contributed by atoms with Gasteiger partial charge in [-0.2, -0.15) is 13.2 Å². The Hall–Kier alpha value is -0.780. The quantitative estimate of drug-likeness (QED) is 0.674. The van der Waals surface area contributed by atoms with Crippen molar-refractivity contribution in [1.29, 1.82) is 0 Å². The van der Waals surface area contributed by atoms with Gasteiger partial charge in [-0.1, -0.05) is 6.92 Å². The first kappa shape index (κ1) is 14.2. The number of rotatable bonds is 7. The van der Waals surface area contributed by atoms with Crippen LogP contribution in [0.15, 0.2) is 0 Å². The summed E-state index contributed by atoms with van der Waals surface area (Å²) in [6.45, 7) is 2.34. The van der Waals surface area contributed by atoms with E-state index in [1.165, 1.54) is 0 Å². The van der Waals surface area contributed by atoms with Gasteiger partial charge in [-0.15, -0.1) is 0 Å². The minimum absolute atomic E-state index is 0.0355. The van der Waals surface area contributed by atoms with Crippen molar-refractivity contribution in [3.63, 3.8) is 0 Å². The van der Waals surface area contributed by atoms with Gasteiger partial charge in [0, 0.05) is 19.6 Å². The first-order chi connectivity index (χ1) is 6.95. The van der Waals surface area contributed by atoms with Crippen LogP contribution < -0.4 is 5.32 Å². The van der Waals surface area contributed by atoms with E-state index in [-0.39, 0.29) is 25.5 Å². The van der Waals surface area contributed by atoms with Gasteiger partial charge in [0.2, 0.25) is 5.91 Å². The number of amides is 1. The summed E-state index contributed by atoms with van der Waals surface area (Å²) in [4.78, 5) is 10.9. The first-order valence-electron chi connectivity index (χ1n) is 4.87. The number of ether oxygens (including phenoxy) is 1. The third-order valence-corrected chi connectivity index (χ3v) is 1.54. The molecule has 0 aromatic rings. The van der Waals surface area contributed by atoms with Crippen LogP contribution in [0.2, 0.25) is 0 Å². The number of hydrogen-bond acceptors (Lipinski definition) is 2. The second kappa shape index (κ2) is 7.50. The van der Waals surface area contributed by atoms with Crippen molar-refractivity contribution >= 4 is 5.91 Å². The van der Waals surface area contributed by atoms with E-state index in [0.29, 0.717) is 6.61 Å². The molecule has 0 rings (SSSR count). The molecule has 0 aliphatic heterocycles. The molecule has 0 saturated heterocycles. The molecule has 0 aliphatic carbocycles. The van der Waals surface area contributed by atoms with E-state index in [0.717, 1.165) is 6.42 Å². The molecule has 0 heterocycles. The highest BCUT2D eigenvalue weighted by Gasteiger charge is 2.25. The highest BCUT2D eigenvalue weighted by atomic mass is 19.4. The van der Waals surface area contributed by atoms with Gasteiger partial charge in [0.05, 0.1) is 0 Å². The molecule has 6 heteroatoms. The maximum Gasteiger partial charge on any atom is 0.389 e. The standard InChI is InChI=1S/C9H16F3NO2/c1-2-6-15-7-8(14)13-5-3-4-9(10,11)12/h2-7H2,1H3,(H,13,14). The van der Waals surface area contributed by atoms with Gasteiger partial charge in [0.25, 0.3) is 0 Å². The summed E-state index contributed by atoms with van der Waals surface area (Å²) < 4.78 is 40.0. The Balaban J connectivity index is 3.32. The predicted octanol–water partition coefficient (Wildman–Crippen LogP) is 1.87. The number of carbonyl (C=O) groups is 1. The van der Waals surface area contributed by atoms with Crippen molar-refractivity contribution in [1.82, 2.24) is 5.32 Å². The number of alkyl halides is 3. The average Bonchev–Trinajstić information content (AvgIpc) is 2.11. The molecule has 3 nitrogen and oxygen atoms in total. The highest BCUT2D eigenvalue weighted by molar-refractivity contribution is 5.77. The zero-order valence-electron chi connectivity index (χ0n) is 8.69. The molecule has 0 aromatic carbocycles. The lowest BCUT2D eigenvalue weighted by molar-refractivity contribution is -0.136. The van der Waals surface area contributed by atoms with Crippen molar-refractivity contribution in [2.75, 3.05) is 19.8 Å². The molecule has 15 heavy (non-hydrogen) atoms. The third-order valence-electron chi connectivity index (χ3n) is 1.54. The Morgan fingerprint density at radius 1 is 1.40 bits per heavy atom. The summed E-state index contributed by atoms with van der Waals surface area (Å²) in [7, 11) is 0. The van der Waals surface area contributed by atoms with Crippen LogP contribution in [0.5, 0.6) is 0 Å². The SMILES string of the molecule is CCCOCC(=O)NCCCC(F)(F)F. The van der Waals surface area contributed by atoms with E-state index in [9.17, 15) is 18.0 Å². The van der Waals surface area contributed by atoms with E-state index in [2.05, 4.69) is 5.32 Å². The van der Waals surface area contributed by atoms with Crippen LogP contribution >= 0.6 is 0 Å². The highest BCUT2D eigenvalue weighted by Crippen LogP contribution is 2.20. The Morgan fingerprint density at radius 2 is 2.07 bits per heavy atom. The summed E-state index contributed by atoms with van der Waals surface area (Å²) in [5.74, 6) is -0.370. The molecule has 1 amide bonds. The van der Waals surface area contributed by atoms with Crippen LogP contribution in [0.25, 0.3) is 0 Å². The second-order valence-electron chi connectivity index (χ2n) is 3.12. The van der Waals surface area contributed by atoms with Gasteiger partial charge in [0.1, 0.15) is 6.61 Å². The summed E-state index contributed by atoms with van der Waals surface area (Å²) in [6, 6.07) is 0. The molecular weight excluding hydrogens is 211 g/mol. The van der Waals surface area contributed by atoms with Crippen LogP contribution in [-0.2, 0) is 9.53 Å². The fourth-order valence-corrected chi connectivity index (χ4v) is 0.877. The predicted molar refractivity (Wildman–Crippen MR) is 49.4 cm³/mol. The van der Waals surface area contributed by atoms with E-state index >= 15 is 0 Å². The van der Waals surface area contributed by atoms with E-state index in [1.807, 2.05) is 6.92 Å². The van der Waals surface area contributed by atoms with Crippen LogP contribution in [0.3, 0.4) is 0 Å². The number of halogens is 3. The van der Waals surface area contributed by atoms with Crippen molar-refractivity contribution < 1.29 is 22.7 Å². The zero-order chi connectivity index (χ0) is 11.7. The summed E-state index contributed by atoms with van der Waals surface area (Å²) in [5.41, 5.74) is 0. The molecule has 0 fully saturated rings. The number of hydrogen-bond donors (Lipinski definition) is 1. The smallest absolute Gasteiger partial charge is 0.372 e. The molecule has 0 radical (unpaired) electrons. The van der Waals surface area contributed by atoms with Gasteiger partial charge in [-0.05, 0) is 12.8 Å². The van der Waals surface area contributed by atoms with Crippen LogP contribution in [0.1, 0.15) is 26.2 Å². The molecule has 0 aliphatic rings. The summed E-state index contributed by atoms with van der Waals surface area (Å²) >= 11 is 0. The lowest BCUT2D eigenvalue weighted by atomic mass is 10.3. The van der Waals surface area contributed by atoms with Gasteiger partial charge >= 0.3 is 6.18 Å². The lowest BCUT2D eigenvalue weighted by Gasteiger charge is -2.07. The first-order valence-corrected chi connectivity index (χ1v) is 4.87. The van der Waals surface area contributed by atoms with Crippen LogP contribution in [0.4, 0.5) is 13.2 Å². The molecule has 0 unspecified atom stereocenters. The zero-order valence-corrected chi connectivity index (χ0v) is 8.69. The molecule has 0 saturated carbocycles. The summed E-state index contributed by atoms with van der Waals surface area (Å²) in [6.07, 6.45) is -4.31. The molecular formula is C9H16F3NO2. The van der Waals surface area contributed by atoms with Crippen molar-refractivity contribution in [2.45, 2.75) is 32.4 Å². The third kappa shape index (κ3) is 11.1. The van der Waals surface area contributed by atoms with Gasteiger partial charge in [-0.3, -0.25) is 4.79 Å². The lowest BCUT2D eigenvalue weighted by Crippen LogP contribution is -2.29. The molecule has 0 bridgehead atoms. The Kier molecular flexibility index (Phi) is 7.11. The minimum Gasteiger partial charge on any atom is -0.372 e. The van der Waals surface area contributed by atoms with E-state index in [4.69, 9.17) is 4.74 Å². The molecule has 0 spiro atoms. The average molecular weight is 227 g/mol. The van der Waals surface area contributed by atoms with Crippen molar-refractivity contribution in [3.8, 4) is 0 Å². The fraction of sp³-hybridized carbons (Fsp3) is 0.889. The summed E-state index contributed by atoms with van der Waals surface area (Å²) in [5, 5.41) is 2.35. The Labute approximate surface area is 87.0 Å². The monoisotopic (exact) mass is 227 g/mol. The van der Waals surface area contributed by atoms with Gasteiger partial charge < -0.3 is 10.1 Å².